The summed E-state index contributed by atoms with van der Waals surface area (Å²) in [6.07, 6.45) is 0. The Morgan fingerprint density at radius 3 is 2.31 bits per heavy atom. The minimum Gasteiger partial charge on any atom is -0.189 e. The second kappa shape index (κ2) is 3.45. The minimum absolute atomic E-state index is 0.0374. The van der Waals surface area contributed by atoms with Gasteiger partial charge in [-0.25, -0.2) is 0 Å². The summed E-state index contributed by atoms with van der Waals surface area (Å²) in [5.74, 6) is 0. The van der Waals surface area contributed by atoms with Crippen molar-refractivity contribution < 1.29 is 8.42 Å². The van der Waals surface area contributed by atoms with Gasteiger partial charge in [0.1, 0.15) is 5.15 Å². The summed E-state index contributed by atoms with van der Waals surface area (Å²) in [6, 6.07) is 1.25. The van der Waals surface area contributed by atoms with Crippen molar-refractivity contribution >= 4 is 33.4 Å². The molecular formula is C5H7Cl2N3O2S. The molecule has 1 rings (SSSR count). The fourth-order valence-corrected chi connectivity index (χ4v) is 2.09. The summed E-state index contributed by atoms with van der Waals surface area (Å²) >= 11 is 11.1. The lowest BCUT2D eigenvalue weighted by Crippen LogP contribution is -2.29. The summed E-state index contributed by atoms with van der Waals surface area (Å²) in [5, 5.41) is 3.52. The number of aromatic nitrogens is 2. The highest BCUT2D eigenvalue weighted by Gasteiger charge is 2.20. The summed E-state index contributed by atoms with van der Waals surface area (Å²) in [6.45, 7) is 0. The molecule has 0 aliphatic rings. The predicted octanol–water partition coefficient (Wildman–Crippen LogP) is 0.844. The SMILES string of the molecule is CN(C)S(=O)(=O)n1nc(Cl)cc1Cl. The lowest BCUT2D eigenvalue weighted by molar-refractivity contribution is 0.504. The van der Waals surface area contributed by atoms with Gasteiger partial charge < -0.3 is 0 Å². The van der Waals surface area contributed by atoms with E-state index in [1.807, 2.05) is 0 Å². The second-order valence-electron chi connectivity index (χ2n) is 2.42. The minimum atomic E-state index is -3.66. The number of nitrogens with zero attached hydrogens (tertiary/aromatic N) is 3. The standard InChI is InChI=1S/C5H7Cl2N3O2S/c1-9(2)13(11,12)10-5(7)3-4(6)8-10/h3H,1-2H3. The van der Waals surface area contributed by atoms with Crippen LogP contribution in [0.25, 0.3) is 0 Å². The molecule has 0 atom stereocenters. The van der Waals surface area contributed by atoms with E-state index >= 15 is 0 Å². The van der Waals surface area contributed by atoms with Crippen LogP contribution in [0.4, 0.5) is 0 Å². The van der Waals surface area contributed by atoms with Crippen molar-refractivity contribution in [2.75, 3.05) is 14.1 Å². The molecule has 0 N–H and O–H groups in total. The van der Waals surface area contributed by atoms with E-state index in [0.717, 1.165) is 4.31 Å². The third-order valence-electron chi connectivity index (χ3n) is 1.29. The van der Waals surface area contributed by atoms with Gasteiger partial charge in [0, 0.05) is 20.2 Å². The molecule has 8 heteroatoms. The molecule has 0 radical (unpaired) electrons. The van der Waals surface area contributed by atoms with Crippen LogP contribution >= 0.6 is 23.2 Å². The molecule has 0 spiro atoms. The summed E-state index contributed by atoms with van der Waals surface area (Å²) in [7, 11) is -0.912. The van der Waals surface area contributed by atoms with Gasteiger partial charge in [0.25, 0.3) is 0 Å². The van der Waals surface area contributed by atoms with Crippen molar-refractivity contribution in [1.82, 2.24) is 13.5 Å². The summed E-state index contributed by atoms with van der Waals surface area (Å²) in [5.41, 5.74) is 0. The molecule has 74 valence electrons. The zero-order valence-corrected chi connectivity index (χ0v) is 9.23. The van der Waals surface area contributed by atoms with Crippen LogP contribution in [0.2, 0.25) is 10.3 Å². The largest absolute Gasteiger partial charge is 0.323 e. The third-order valence-corrected chi connectivity index (χ3v) is 3.48. The topological polar surface area (TPSA) is 55.2 Å². The van der Waals surface area contributed by atoms with Crippen LogP contribution in [0.3, 0.4) is 0 Å². The van der Waals surface area contributed by atoms with Gasteiger partial charge in [-0.1, -0.05) is 23.2 Å². The van der Waals surface area contributed by atoms with Crippen LogP contribution in [-0.4, -0.2) is 36.0 Å². The molecule has 0 bridgehead atoms. The van der Waals surface area contributed by atoms with E-state index in [0.29, 0.717) is 4.09 Å². The lowest BCUT2D eigenvalue weighted by Gasteiger charge is -2.10. The first-order valence-corrected chi connectivity index (χ1v) is 5.35. The molecule has 1 heterocycles. The van der Waals surface area contributed by atoms with Crippen molar-refractivity contribution in [1.29, 1.82) is 0 Å². The van der Waals surface area contributed by atoms with Crippen LogP contribution in [0.5, 0.6) is 0 Å². The van der Waals surface area contributed by atoms with E-state index in [4.69, 9.17) is 23.2 Å². The number of rotatable bonds is 2. The highest BCUT2D eigenvalue weighted by molar-refractivity contribution is 7.87. The zero-order chi connectivity index (χ0) is 10.2. The smallest absolute Gasteiger partial charge is 0.189 e. The Balaban J connectivity index is 3.31. The van der Waals surface area contributed by atoms with E-state index in [-0.39, 0.29) is 10.3 Å². The van der Waals surface area contributed by atoms with Crippen LogP contribution in [0.15, 0.2) is 6.07 Å². The fraction of sp³-hybridized carbons (Fsp3) is 0.400. The Labute approximate surface area is 86.0 Å². The zero-order valence-electron chi connectivity index (χ0n) is 6.90. The fourth-order valence-electron chi connectivity index (χ4n) is 0.633. The molecule has 0 aliphatic heterocycles. The van der Waals surface area contributed by atoms with Crippen molar-refractivity contribution in [2.45, 2.75) is 0 Å². The Morgan fingerprint density at radius 1 is 1.46 bits per heavy atom. The number of hydrogen-bond donors (Lipinski definition) is 0. The molecule has 0 saturated carbocycles. The molecule has 0 fully saturated rings. The molecule has 0 saturated heterocycles. The quantitative estimate of drug-likeness (QED) is 0.774. The average Bonchev–Trinajstić information content (AvgIpc) is 2.30. The average molecular weight is 244 g/mol. The Morgan fingerprint density at radius 2 is 2.00 bits per heavy atom. The van der Waals surface area contributed by atoms with Crippen LogP contribution in [0.1, 0.15) is 0 Å². The number of hydrogen-bond acceptors (Lipinski definition) is 3. The molecule has 0 aliphatic carbocycles. The Hall–Kier alpha value is -0.300. The highest BCUT2D eigenvalue weighted by atomic mass is 35.5. The van der Waals surface area contributed by atoms with Gasteiger partial charge in [0.05, 0.1) is 0 Å². The van der Waals surface area contributed by atoms with Gasteiger partial charge in [-0.15, -0.1) is 9.19 Å². The Bertz CT molecular complexity index is 411. The van der Waals surface area contributed by atoms with Gasteiger partial charge in [-0.2, -0.15) is 12.7 Å². The molecule has 0 unspecified atom stereocenters. The summed E-state index contributed by atoms with van der Waals surface area (Å²) < 4.78 is 24.6. The van der Waals surface area contributed by atoms with Crippen LogP contribution in [-0.2, 0) is 10.2 Å². The van der Waals surface area contributed by atoms with E-state index < -0.39 is 10.2 Å². The van der Waals surface area contributed by atoms with Gasteiger partial charge in [0.2, 0.25) is 0 Å². The molecular weight excluding hydrogens is 237 g/mol. The van der Waals surface area contributed by atoms with Crippen LogP contribution in [0, 0.1) is 0 Å². The normalized spacial score (nSPS) is 12.4. The first-order valence-electron chi connectivity index (χ1n) is 3.20. The molecule has 5 nitrogen and oxygen atoms in total. The van der Waals surface area contributed by atoms with Crippen molar-refractivity contribution in [3.8, 4) is 0 Å². The van der Waals surface area contributed by atoms with E-state index in [2.05, 4.69) is 5.10 Å². The lowest BCUT2D eigenvalue weighted by atomic mass is 10.7. The van der Waals surface area contributed by atoms with Gasteiger partial charge in [-0.05, 0) is 0 Å². The molecule has 0 amide bonds. The van der Waals surface area contributed by atoms with Gasteiger partial charge in [-0.3, -0.25) is 0 Å². The van der Waals surface area contributed by atoms with Crippen molar-refractivity contribution in [3.05, 3.63) is 16.4 Å². The maximum atomic E-state index is 11.4. The first kappa shape index (κ1) is 10.8. The molecule has 1 aromatic rings. The number of halogens is 2. The van der Waals surface area contributed by atoms with Crippen molar-refractivity contribution in [2.24, 2.45) is 0 Å². The van der Waals surface area contributed by atoms with E-state index in [9.17, 15) is 8.42 Å². The van der Waals surface area contributed by atoms with Crippen molar-refractivity contribution in [3.63, 3.8) is 0 Å². The Kier molecular flexibility index (Phi) is 2.86. The molecule has 1 aromatic heterocycles. The van der Waals surface area contributed by atoms with Gasteiger partial charge in [0.15, 0.2) is 5.15 Å². The maximum Gasteiger partial charge on any atom is 0.323 e. The van der Waals surface area contributed by atoms with E-state index in [1.165, 1.54) is 20.2 Å². The molecule has 13 heavy (non-hydrogen) atoms. The predicted molar refractivity (Wildman–Crippen MR) is 50.3 cm³/mol. The van der Waals surface area contributed by atoms with Gasteiger partial charge >= 0.3 is 10.2 Å². The molecule has 0 aromatic carbocycles. The summed E-state index contributed by atoms with van der Waals surface area (Å²) in [4.78, 5) is 0. The first-order chi connectivity index (χ1) is 5.85. The maximum absolute atomic E-state index is 11.4. The van der Waals surface area contributed by atoms with E-state index in [1.54, 1.807) is 0 Å². The van der Waals surface area contributed by atoms with Crippen LogP contribution < -0.4 is 0 Å². The highest BCUT2D eigenvalue weighted by Crippen LogP contribution is 2.17. The third kappa shape index (κ3) is 1.96. The second-order valence-corrected chi connectivity index (χ2v) is 5.17. The monoisotopic (exact) mass is 243 g/mol.